The van der Waals surface area contributed by atoms with Gasteiger partial charge in [0.1, 0.15) is 0 Å². The quantitative estimate of drug-likeness (QED) is 0.202. The van der Waals surface area contributed by atoms with Crippen LogP contribution in [0.2, 0.25) is 0 Å². The molecule has 2 rings (SSSR count). The van der Waals surface area contributed by atoms with E-state index in [1.165, 1.54) is 16.0 Å². The fourth-order valence-corrected chi connectivity index (χ4v) is 3.07. The Morgan fingerprint density at radius 2 is 2.16 bits per heavy atom. The lowest BCUT2D eigenvalue weighted by molar-refractivity contribution is 0.624. The number of rotatable bonds is 8. The first kappa shape index (κ1) is 21.8. The number of thioether (sulfide) groups is 1. The Hall–Kier alpha value is -1.22. The Kier molecular flexibility index (Phi) is 10.6. The predicted molar refractivity (Wildman–Crippen MR) is 118 cm³/mol. The van der Waals surface area contributed by atoms with Crippen LogP contribution in [0.3, 0.4) is 0 Å². The summed E-state index contributed by atoms with van der Waals surface area (Å²) in [6, 6.07) is 6.55. The van der Waals surface area contributed by atoms with E-state index >= 15 is 0 Å². The van der Waals surface area contributed by atoms with Crippen LogP contribution in [0.5, 0.6) is 0 Å². The Bertz CT molecular complexity index is 643. The molecule has 0 unspecified atom stereocenters. The SMILES string of the molecule is CCNC(=NCc1ccc(C)cc1SC)NCCCn1ccnc1.I. The van der Waals surface area contributed by atoms with E-state index in [-0.39, 0.29) is 24.0 Å². The molecule has 0 aliphatic heterocycles. The number of benzene rings is 1. The molecule has 0 saturated carbocycles. The summed E-state index contributed by atoms with van der Waals surface area (Å²) in [6.45, 7) is 7.60. The number of guanidine groups is 1. The van der Waals surface area contributed by atoms with Crippen LogP contribution in [0.1, 0.15) is 24.5 Å². The van der Waals surface area contributed by atoms with E-state index < -0.39 is 0 Å². The molecule has 0 bridgehead atoms. The molecule has 0 amide bonds. The zero-order valence-electron chi connectivity index (χ0n) is 15.2. The van der Waals surface area contributed by atoms with Crippen LogP contribution in [0.25, 0.3) is 0 Å². The maximum atomic E-state index is 4.72. The van der Waals surface area contributed by atoms with Gasteiger partial charge in [-0.1, -0.05) is 12.1 Å². The van der Waals surface area contributed by atoms with Crippen LogP contribution in [0.4, 0.5) is 0 Å². The van der Waals surface area contributed by atoms with E-state index in [1.807, 2.05) is 18.7 Å². The van der Waals surface area contributed by atoms with Crippen LogP contribution in [0.15, 0.2) is 46.8 Å². The first-order chi connectivity index (χ1) is 11.7. The van der Waals surface area contributed by atoms with Crippen molar-refractivity contribution in [2.75, 3.05) is 19.3 Å². The van der Waals surface area contributed by atoms with Crippen molar-refractivity contribution >= 4 is 41.7 Å². The first-order valence-corrected chi connectivity index (χ1v) is 9.57. The summed E-state index contributed by atoms with van der Waals surface area (Å²) in [5.74, 6) is 0.871. The molecule has 2 aromatic rings. The van der Waals surface area contributed by atoms with Gasteiger partial charge in [0.25, 0.3) is 0 Å². The number of aromatic nitrogens is 2. The topological polar surface area (TPSA) is 54.2 Å². The maximum absolute atomic E-state index is 4.72. The summed E-state index contributed by atoms with van der Waals surface area (Å²) in [7, 11) is 0. The highest BCUT2D eigenvalue weighted by atomic mass is 127. The molecule has 7 heteroatoms. The highest BCUT2D eigenvalue weighted by molar-refractivity contribution is 14.0. The van der Waals surface area contributed by atoms with Gasteiger partial charge in [-0.2, -0.15) is 0 Å². The summed E-state index contributed by atoms with van der Waals surface area (Å²) in [5.41, 5.74) is 2.56. The lowest BCUT2D eigenvalue weighted by Crippen LogP contribution is -2.38. The number of hydrogen-bond acceptors (Lipinski definition) is 3. The van der Waals surface area contributed by atoms with Gasteiger partial charge in [0, 0.05) is 36.9 Å². The van der Waals surface area contributed by atoms with Gasteiger partial charge in [0.05, 0.1) is 12.9 Å². The fraction of sp³-hybridized carbons (Fsp3) is 0.444. The van der Waals surface area contributed by atoms with E-state index in [0.717, 1.165) is 32.0 Å². The third-order valence-corrected chi connectivity index (χ3v) is 4.46. The van der Waals surface area contributed by atoms with Gasteiger partial charge in [-0.15, -0.1) is 35.7 Å². The molecule has 0 aliphatic rings. The standard InChI is InChI=1S/C18H27N5S.HI/c1-4-20-18(21-8-5-10-23-11-9-19-14-23)22-13-16-7-6-15(2)12-17(16)24-3;/h6-7,9,11-12,14H,4-5,8,10,13H2,1-3H3,(H2,20,21,22);1H. The second-order valence-corrected chi connectivity index (χ2v) is 6.44. The van der Waals surface area contributed by atoms with Crippen molar-refractivity contribution in [1.82, 2.24) is 20.2 Å². The molecule has 0 fully saturated rings. The van der Waals surface area contributed by atoms with E-state index in [0.29, 0.717) is 6.54 Å². The Morgan fingerprint density at radius 1 is 1.32 bits per heavy atom. The highest BCUT2D eigenvalue weighted by Gasteiger charge is 2.03. The largest absolute Gasteiger partial charge is 0.357 e. The number of aliphatic imine (C=N–C) groups is 1. The number of halogens is 1. The molecule has 25 heavy (non-hydrogen) atoms. The number of hydrogen-bond donors (Lipinski definition) is 2. The lowest BCUT2D eigenvalue weighted by atomic mass is 10.1. The average molecular weight is 473 g/mol. The van der Waals surface area contributed by atoms with Crippen molar-refractivity contribution in [3.63, 3.8) is 0 Å². The number of imidazole rings is 1. The summed E-state index contributed by atoms with van der Waals surface area (Å²) in [4.78, 5) is 10.1. The summed E-state index contributed by atoms with van der Waals surface area (Å²) in [5, 5.41) is 6.71. The predicted octanol–water partition coefficient (Wildman–Crippen LogP) is 3.68. The molecule has 0 aliphatic carbocycles. The van der Waals surface area contributed by atoms with Gasteiger partial charge in [-0.25, -0.2) is 9.98 Å². The fourth-order valence-electron chi connectivity index (χ4n) is 2.38. The second kappa shape index (κ2) is 12.2. The molecule has 1 heterocycles. The molecule has 0 spiro atoms. The third kappa shape index (κ3) is 7.68. The van der Waals surface area contributed by atoms with Crippen LogP contribution in [-0.2, 0) is 13.1 Å². The summed E-state index contributed by atoms with van der Waals surface area (Å²) >= 11 is 1.78. The molecule has 1 aromatic carbocycles. The minimum Gasteiger partial charge on any atom is -0.357 e. The monoisotopic (exact) mass is 473 g/mol. The summed E-state index contributed by atoms with van der Waals surface area (Å²) in [6.07, 6.45) is 8.79. The van der Waals surface area contributed by atoms with Crippen LogP contribution >= 0.6 is 35.7 Å². The number of nitrogens with one attached hydrogen (secondary N) is 2. The van der Waals surface area contributed by atoms with Gasteiger partial charge in [-0.05, 0) is 43.7 Å². The van der Waals surface area contributed by atoms with Gasteiger partial charge in [0.2, 0.25) is 0 Å². The molecular formula is C18H28IN5S. The van der Waals surface area contributed by atoms with Crippen molar-refractivity contribution < 1.29 is 0 Å². The lowest BCUT2D eigenvalue weighted by Gasteiger charge is -2.12. The second-order valence-electron chi connectivity index (χ2n) is 5.59. The maximum Gasteiger partial charge on any atom is 0.191 e. The minimum absolute atomic E-state index is 0. The van der Waals surface area contributed by atoms with E-state index in [2.05, 4.69) is 58.5 Å². The van der Waals surface area contributed by atoms with Crippen molar-refractivity contribution in [3.8, 4) is 0 Å². The Balaban J connectivity index is 0.00000312. The number of nitrogens with zero attached hydrogens (tertiary/aromatic N) is 3. The molecular weight excluding hydrogens is 445 g/mol. The Labute approximate surface area is 172 Å². The van der Waals surface area contributed by atoms with Gasteiger partial charge >= 0.3 is 0 Å². The van der Waals surface area contributed by atoms with Crippen molar-refractivity contribution in [2.24, 2.45) is 4.99 Å². The Morgan fingerprint density at radius 3 is 2.84 bits per heavy atom. The molecule has 0 radical (unpaired) electrons. The van der Waals surface area contributed by atoms with Crippen LogP contribution in [0, 0.1) is 6.92 Å². The molecule has 2 N–H and O–H groups in total. The van der Waals surface area contributed by atoms with Gasteiger partial charge in [-0.3, -0.25) is 0 Å². The van der Waals surface area contributed by atoms with Crippen LogP contribution in [-0.4, -0.2) is 34.9 Å². The van der Waals surface area contributed by atoms with Gasteiger partial charge < -0.3 is 15.2 Å². The molecule has 0 atom stereocenters. The van der Waals surface area contributed by atoms with E-state index in [4.69, 9.17) is 4.99 Å². The zero-order valence-corrected chi connectivity index (χ0v) is 18.3. The molecule has 5 nitrogen and oxygen atoms in total. The smallest absolute Gasteiger partial charge is 0.191 e. The first-order valence-electron chi connectivity index (χ1n) is 8.34. The van der Waals surface area contributed by atoms with E-state index in [9.17, 15) is 0 Å². The van der Waals surface area contributed by atoms with Crippen molar-refractivity contribution in [1.29, 1.82) is 0 Å². The number of aryl methyl sites for hydroxylation is 2. The van der Waals surface area contributed by atoms with Crippen LogP contribution < -0.4 is 10.6 Å². The van der Waals surface area contributed by atoms with Crippen molar-refractivity contribution in [2.45, 2.75) is 38.3 Å². The highest BCUT2D eigenvalue weighted by Crippen LogP contribution is 2.22. The third-order valence-electron chi connectivity index (χ3n) is 3.64. The minimum atomic E-state index is 0. The normalized spacial score (nSPS) is 11.1. The average Bonchev–Trinajstić information content (AvgIpc) is 3.10. The van der Waals surface area contributed by atoms with Gasteiger partial charge in [0.15, 0.2) is 5.96 Å². The zero-order chi connectivity index (χ0) is 17.2. The molecule has 138 valence electrons. The molecule has 1 aromatic heterocycles. The molecule has 0 saturated heterocycles. The summed E-state index contributed by atoms with van der Waals surface area (Å²) < 4.78 is 2.09. The van der Waals surface area contributed by atoms with E-state index in [1.54, 1.807) is 11.8 Å². The van der Waals surface area contributed by atoms with Crippen molar-refractivity contribution in [3.05, 3.63) is 48.0 Å².